The molecule has 1 aliphatic heterocycles. The van der Waals surface area contributed by atoms with Crippen LogP contribution in [0.25, 0.3) is 0 Å². The third-order valence-corrected chi connectivity index (χ3v) is 4.77. The molecule has 4 nitrogen and oxygen atoms in total. The van der Waals surface area contributed by atoms with E-state index in [1.54, 1.807) is 23.3 Å². The van der Waals surface area contributed by atoms with Gasteiger partial charge in [0.05, 0.1) is 18.7 Å². The normalized spacial score (nSPS) is 13.4. The van der Waals surface area contributed by atoms with Gasteiger partial charge in [-0.05, 0) is 48.3 Å². The van der Waals surface area contributed by atoms with Crippen molar-refractivity contribution in [2.45, 2.75) is 19.9 Å². The number of allylic oxidation sites excluding steroid dienone is 2. The summed E-state index contributed by atoms with van der Waals surface area (Å²) in [5, 5.41) is 0. The van der Waals surface area contributed by atoms with Crippen molar-refractivity contribution in [3.05, 3.63) is 100 Å². The number of nitrogens with zero attached hydrogens (tertiary/aromatic N) is 1. The maximum atomic E-state index is 12.2. The van der Waals surface area contributed by atoms with Crippen LogP contribution in [-0.2, 0) is 14.3 Å². The quantitative estimate of drug-likeness (QED) is 0.611. The van der Waals surface area contributed by atoms with Crippen LogP contribution in [0, 0.1) is 13.8 Å². The highest BCUT2D eigenvalue weighted by molar-refractivity contribution is 5.97. The first-order valence-electron chi connectivity index (χ1n) is 8.70. The van der Waals surface area contributed by atoms with Crippen molar-refractivity contribution in [3.8, 4) is 0 Å². The predicted octanol–water partition coefficient (Wildman–Crippen LogP) is 4.04. The summed E-state index contributed by atoms with van der Waals surface area (Å²) in [6.07, 6.45) is 5.13. The van der Waals surface area contributed by atoms with Gasteiger partial charge in [0.25, 0.3) is 0 Å². The number of esters is 1. The van der Waals surface area contributed by atoms with Crippen LogP contribution in [0.5, 0.6) is 0 Å². The monoisotopic (exact) mass is 359 g/mol. The van der Waals surface area contributed by atoms with Gasteiger partial charge in [-0.15, -0.1) is 0 Å². The Kier molecular flexibility index (Phi) is 5.39. The largest absolute Gasteiger partial charge is 0.465 e. The van der Waals surface area contributed by atoms with Gasteiger partial charge in [0.2, 0.25) is 0 Å². The molecule has 0 N–H and O–H groups in total. The van der Waals surface area contributed by atoms with Crippen LogP contribution in [0.15, 0.2) is 78.2 Å². The van der Waals surface area contributed by atoms with E-state index < -0.39 is 5.97 Å². The maximum absolute atomic E-state index is 12.2. The first-order valence-corrected chi connectivity index (χ1v) is 8.70. The molecule has 0 aromatic heterocycles. The van der Waals surface area contributed by atoms with E-state index in [2.05, 4.69) is 0 Å². The minimum absolute atomic E-state index is 0.167. The standard InChI is InChI=1S/C23H21NO3/c1-16-9-4-6-11-18(16)22(19-12-7-5-10-17(19)2)24-14-8-13-20(21(24)15-25)23(26)27-3/h4-14,22H,1-3H3. The second-order valence-electron chi connectivity index (χ2n) is 6.39. The maximum Gasteiger partial charge on any atom is 0.340 e. The number of carbonyl (C=O) groups is 1. The third-order valence-electron chi connectivity index (χ3n) is 4.77. The van der Waals surface area contributed by atoms with Gasteiger partial charge in [0.1, 0.15) is 5.70 Å². The van der Waals surface area contributed by atoms with E-state index in [0.717, 1.165) is 22.3 Å². The van der Waals surface area contributed by atoms with Crippen LogP contribution in [-0.4, -0.2) is 23.9 Å². The van der Waals surface area contributed by atoms with Gasteiger partial charge in [-0.3, -0.25) is 0 Å². The molecule has 0 saturated carbocycles. The first kappa shape index (κ1) is 18.4. The summed E-state index contributed by atoms with van der Waals surface area (Å²) in [4.78, 5) is 25.8. The van der Waals surface area contributed by atoms with Gasteiger partial charge < -0.3 is 9.64 Å². The minimum Gasteiger partial charge on any atom is -0.465 e. The van der Waals surface area contributed by atoms with Crippen molar-refractivity contribution in [1.82, 2.24) is 4.90 Å². The average Bonchev–Trinajstić information content (AvgIpc) is 2.70. The van der Waals surface area contributed by atoms with E-state index in [4.69, 9.17) is 4.74 Å². The Morgan fingerprint density at radius 2 is 1.56 bits per heavy atom. The van der Waals surface area contributed by atoms with Crippen LogP contribution >= 0.6 is 0 Å². The molecule has 1 aliphatic rings. The molecule has 4 heteroatoms. The molecule has 1 heterocycles. The lowest BCUT2D eigenvalue weighted by Crippen LogP contribution is -2.30. The Hall–Kier alpha value is -3.36. The number of aryl methyl sites for hydroxylation is 2. The molecule has 0 spiro atoms. The van der Waals surface area contributed by atoms with Crippen molar-refractivity contribution in [1.29, 1.82) is 0 Å². The molecule has 2 aromatic rings. The lowest BCUT2D eigenvalue weighted by Gasteiger charge is -2.35. The SMILES string of the molecule is COC(=O)C1=CC=CN(C(c2ccccc2C)c2ccccc2C)C1=C=O. The van der Waals surface area contributed by atoms with E-state index in [1.165, 1.54) is 7.11 Å². The van der Waals surface area contributed by atoms with Crippen LogP contribution in [0.3, 0.4) is 0 Å². The number of ether oxygens (including phenoxy) is 1. The summed E-state index contributed by atoms with van der Waals surface area (Å²) in [6, 6.07) is 15.8. The van der Waals surface area contributed by atoms with Crippen molar-refractivity contribution >= 4 is 11.9 Å². The molecule has 0 amide bonds. The van der Waals surface area contributed by atoms with Crippen molar-refractivity contribution in [2.24, 2.45) is 0 Å². The molecular formula is C23H21NO3. The fourth-order valence-electron chi connectivity index (χ4n) is 3.38. The molecule has 0 bridgehead atoms. The summed E-state index contributed by atoms with van der Waals surface area (Å²) < 4.78 is 4.84. The average molecular weight is 359 g/mol. The molecule has 0 fully saturated rings. The molecule has 3 rings (SSSR count). The minimum atomic E-state index is -0.559. The molecule has 0 unspecified atom stereocenters. The summed E-state index contributed by atoms with van der Waals surface area (Å²) in [7, 11) is 1.30. The second-order valence-corrected chi connectivity index (χ2v) is 6.39. The fraction of sp³-hybridized carbons (Fsp3) is 0.174. The summed E-state index contributed by atoms with van der Waals surface area (Å²) in [6.45, 7) is 4.07. The Bertz CT molecular complexity index is 935. The molecular weight excluding hydrogens is 338 g/mol. The zero-order chi connectivity index (χ0) is 19.4. The number of carbonyl (C=O) groups excluding carboxylic acids is 2. The second kappa shape index (κ2) is 7.90. The lowest BCUT2D eigenvalue weighted by atomic mass is 9.90. The van der Waals surface area contributed by atoms with E-state index in [-0.39, 0.29) is 17.3 Å². The first-order chi connectivity index (χ1) is 13.1. The smallest absolute Gasteiger partial charge is 0.340 e. The third kappa shape index (κ3) is 3.48. The molecule has 0 aliphatic carbocycles. The fourth-order valence-corrected chi connectivity index (χ4v) is 3.38. The Labute approximate surface area is 159 Å². The zero-order valence-corrected chi connectivity index (χ0v) is 15.6. The van der Waals surface area contributed by atoms with Crippen LogP contribution in [0.2, 0.25) is 0 Å². The van der Waals surface area contributed by atoms with E-state index >= 15 is 0 Å². The predicted molar refractivity (Wildman–Crippen MR) is 104 cm³/mol. The number of hydrogen-bond donors (Lipinski definition) is 0. The summed E-state index contributed by atoms with van der Waals surface area (Å²) in [5.74, 6) is 1.39. The molecule has 27 heavy (non-hydrogen) atoms. The summed E-state index contributed by atoms with van der Waals surface area (Å²) in [5.41, 5.74) is 4.66. The van der Waals surface area contributed by atoms with Crippen molar-refractivity contribution in [2.75, 3.05) is 7.11 Å². The molecule has 2 aromatic carbocycles. The Morgan fingerprint density at radius 1 is 1.00 bits per heavy atom. The van der Waals surface area contributed by atoms with Gasteiger partial charge in [0, 0.05) is 6.20 Å². The summed E-state index contributed by atoms with van der Waals surface area (Å²) >= 11 is 0. The van der Waals surface area contributed by atoms with E-state index in [0.29, 0.717) is 0 Å². The zero-order valence-electron chi connectivity index (χ0n) is 15.6. The molecule has 0 radical (unpaired) electrons. The van der Waals surface area contributed by atoms with Crippen molar-refractivity contribution in [3.63, 3.8) is 0 Å². The Balaban J connectivity index is 2.20. The van der Waals surface area contributed by atoms with Crippen LogP contribution in [0.1, 0.15) is 28.3 Å². The topological polar surface area (TPSA) is 46.6 Å². The Morgan fingerprint density at radius 3 is 2.04 bits per heavy atom. The highest BCUT2D eigenvalue weighted by atomic mass is 16.5. The number of methoxy groups -OCH3 is 1. The van der Waals surface area contributed by atoms with Crippen LogP contribution in [0.4, 0.5) is 0 Å². The van der Waals surface area contributed by atoms with Gasteiger partial charge in [-0.2, -0.15) is 0 Å². The molecule has 0 saturated heterocycles. The van der Waals surface area contributed by atoms with Crippen LogP contribution < -0.4 is 0 Å². The van der Waals surface area contributed by atoms with E-state index in [9.17, 15) is 9.59 Å². The number of hydrogen-bond acceptors (Lipinski definition) is 4. The van der Waals surface area contributed by atoms with Gasteiger partial charge in [0.15, 0.2) is 5.94 Å². The molecule has 0 atom stereocenters. The van der Waals surface area contributed by atoms with Gasteiger partial charge >= 0.3 is 5.97 Å². The molecule has 136 valence electrons. The highest BCUT2D eigenvalue weighted by Crippen LogP contribution is 2.37. The van der Waals surface area contributed by atoms with Gasteiger partial charge in [-0.1, -0.05) is 48.5 Å². The van der Waals surface area contributed by atoms with Gasteiger partial charge in [-0.25, -0.2) is 9.59 Å². The highest BCUT2D eigenvalue weighted by Gasteiger charge is 2.31. The lowest BCUT2D eigenvalue weighted by molar-refractivity contribution is -0.136. The number of rotatable bonds is 4. The van der Waals surface area contributed by atoms with Crippen molar-refractivity contribution < 1.29 is 14.3 Å². The van der Waals surface area contributed by atoms with E-state index in [1.807, 2.05) is 68.3 Å². The number of benzene rings is 2.